The molecule has 0 aliphatic rings. The lowest BCUT2D eigenvalue weighted by Gasteiger charge is -2.20. The highest BCUT2D eigenvalue weighted by atomic mass is 16.6. The van der Waals surface area contributed by atoms with Gasteiger partial charge in [-0.1, -0.05) is 27.7 Å². The van der Waals surface area contributed by atoms with Crippen molar-refractivity contribution in [2.24, 2.45) is 23.3 Å². The monoisotopic (exact) mass is 720 g/mol. The van der Waals surface area contributed by atoms with Crippen molar-refractivity contribution in [1.82, 2.24) is 0 Å². The number of primary amides is 2. The van der Waals surface area contributed by atoms with Gasteiger partial charge in [0.15, 0.2) is 0 Å². The predicted octanol–water partition coefficient (Wildman–Crippen LogP) is 3.70. The minimum absolute atomic E-state index is 0.0395. The molecule has 22 nitrogen and oxygen atoms in total. The fourth-order valence-corrected chi connectivity index (χ4v) is 5.03. The molecule has 2 aromatic rings. The van der Waals surface area contributed by atoms with Crippen molar-refractivity contribution in [1.29, 1.82) is 0 Å². The van der Waals surface area contributed by atoms with E-state index in [1.807, 2.05) is 0 Å². The van der Waals surface area contributed by atoms with E-state index in [2.05, 4.69) is 21.3 Å². The molecule has 0 heterocycles. The summed E-state index contributed by atoms with van der Waals surface area (Å²) >= 11 is 0. The highest BCUT2D eigenvalue weighted by Gasteiger charge is 2.31. The van der Waals surface area contributed by atoms with Gasteiger partial charge in [0.05, 0.1) is 31.8 Å². The second-order valence-electron chi connectivity index (χ2n) is 12.4. The number of nitrogens with one attached hydrogen (secondary N) is 4. The van der Waals surface area contributed by atoms with Crippen LogP contribution in [-0.2, 0) is 14.4 Å². The topological polar surface area (TPSA) is 344 Å². The fraction of sp³-hybridized carbons (Fsp3) is 0.483. The maximum Gasteiger partial charge on any atom is 0.326 e. The first-order chi connectivity index (χ1) is 23.7. The van der Waals surface area contributed by atoms with E-state index >= 15 is 0 Å². The first kappa shape index (κ1) is 40.8. The molecule has 0 spiro atoms. The molecule has 0 aliphatic carbocycles. The predicted molar refractivity (Wildman–Crippen MR) is 184 cm³/mol. The van der Waals surface area contributed by atoms with Crippen molar-refractivity contribution in [3.63, 3.8) is 0 Å². The molecule has 3 atom stereocenters. The van der Waals surface area contributed by atoms with Gasteiger partial charge in [0.25, 0.3) is 22.7 Å². The standard InChI is InChI=1S/C29H40N10O12/c1-14(2)8-21(27(30)40)34-18-10-17(23(36(44)45)12-24(18)37(46)47)32-7-5-6-16(29(42)43)33-19-11-20(35-22(28(31)41)9-15(3)4)26(39(50)51)13-25(19)38(48)49/h10-16,21-22,32-35H,5-9H2,1-4H3,(H2,30,40)(H2,31,41)(H,42,43)/t16-,21-,22-/m0/s1. The van der Waals surface area contributed by atoms with Crippen LogP contribution >= 0.6 is 0 Å². The summed E-state index contributed by atoms with van der Waals surface area (Å²) < 4.78 is 0. The lowest BCUT2D eigenvalue weighted by molar-refractivity contribution is -0.393. The van der Waals surface area contributed by atoms with Crippen LogP contribution in [0.2, 0.25) is 0 Å². The second-order valence-corrected chi connectivity index (χ2v) is 12.4. The summed E-state index contributed by atoms with van der Waals surface area (Å²) in [5, 5.41) is 67.6. The number of aliphatic carboxylic acids is 1. The Kier molecular flexibility index (Phi) is 14.3. The number of carbonyl (C=O) groups excluding carboxylic acids is 2. The molecule has 9 N–H and O–H groups in total. The zero-order valence-electron chi connectivity index (χ0n) is 28.1. The lowest BCUT2D eigenvalue weighted by Crippen LogP contribution is -2.36. The number of nitro groups is 4. The van der Waals surface area contributed by atoms with Gasteiger partial charge in [0, 0.05) is 6.54 Å². The highest BCUT2D eigenvalue weighted by molar-refractivity contribution is 5.87. The molecule has 0 fully saturated rings. The molecule has 22 heteroatoms. The van der Waals surface area contributed by atoms with Gasteiger partial charge in [-0.25, -0.2) is 4.79 Å². The molecule has 0 unspecified atom stereocenters. The number of hydrogen-bond donors (Lipinski definition) is 7. The fourth-order valence-electron chi connectivity index (χ4n) is 5.03. The number of carboxylic acids is 1. The van der Waals surface area contributed by atoms with Crippen molar-refractivity contribution in [2.45, 2.75) is 71.5 Å². The van der Waals surface area contributed by atoms with E-state index in [1.165, 1.54) is 0 Å². The van der Waals surface area contributed by atoms with Crippen LogP contribution in [0.25, 0.3) is 0 Å². The number of amides is 2. The van der Waals surface area contributed by atoms with E-state index in [0.717, 1.165) is 12.1 Å². The van der Waals surface area contributed by atoms with Crippen LogP contribution in [0.4, 0.5) is 45.5 Å². The van der Waals surface area contributed by atoms with Gasteiger partial charge in [-0.2, -0.15) is 0 Å². The molecule has 0 radical (unpaired) electrons. The molecule has 0 saturated carbocycles. The van der Waals surface area contributed by atoms with E-state index in [0.29, 0.717) is 12.1 Å². The molecule has 2 aromatic carbocycles. The molecule has 0 aromatic heterocycles. The smallest absolute Gasteiger partial charge is 0.326 e. The van der Waals surface area contributed by atoms with Crippen LogP contribution in [0, 0.1) is 52.3 Å². The largest absolute Gasteiger partial charge is 0.480 e. The number of anilines is 4. The molecule has 0 bridgehead atoms. The van der Waals surface area contributed by atoms with Crippen molar-refractivity contribution in [2.75, 3.05) is 27.8 Å². The number of hydrogen-bond acceptors (Lipinski definition) is 15. The van der Waals surface area contributed by atoms with Crippen LogP contribution in [0.5, 0.6) is 0 Å². The number of nitrogens with two attached hydrogens (primary N) is 2. The van der Waals surface area contributed by atoms with Crippen LogP contribution in [0.15, 0.2) is 24.3 Å². The Morgan fingerprint density at radius 2 is 0.961 bits per heavy atom. The van der Waals surface area contributed by atoms with Gasteiger partial charge < -0.3 is 37.8 Å². The third-order valence-corrected chi connectivity index (χ3v) is 7.39. The third-order valence-electron chi connectivity index (χ3n) is 7.39. The summed E-state index contributed by atoms with van der Waals surface area (Å²) in [7, 11) is 0. The number of benzene rings is 2. The Balaban J connectivity index is 2.39. The SMILES string of the molecule is CC(C)C[C@H](Nc1cc(NCCC[C@H](Nc2cc(N[C@@H](CC(C)C)C(N)=O)c([N+](=O)[O-])cc2[N+](=O)[O-])C(=O)O)c([N+](=O)[O-])cc1[N+](=O)[O-])C(N)=O. The van der Waals surface area contributed by atoms with E-state index in [4.69, 9.17) is 11.5 Å². The summed E-state index contributed by atoms with van der Waals surface area (Å²) in [5.74, 6) is -3.25. The number of nitrogens with zero attached hydrogens (tertiary/aromatic N) is 4. The minimum atomic E-state index is -1.53. The summed E-state index contributed by atoms with van der Waals surface area (Å²) in [4.78, 5) is 79.8. The summed E-state index contributed by atoms with van der Waals surface area (Å²) in [6.45, 7) is 6.97. The maximum atomic E-state index is 12.2. The second kappa shape index (κ2) is 17.9. The number of carbonyl (C=O) groups is 3. The Morgan fingerprint density at radius 1 is 0.627 bits per heavy atom. The first-order valence-electron chi connectivity index (χ1n) is 15.5. The van der Waals surface area contributed by atoms with Gasteiger partial charge in [-0.3, -0.25) is 50.0 Å². The van der Waals surface area contributed by atoms with E-state index in [9.17, 15) is 59.9 Å². The average molecular weight is 721 g/mol. The molecule has 0 saturated heterocycles. The summed E-state index contributed by atoms with van der Waals surface area (Å²) in [5.41, 5.74) is 6.74. The van der Waals surface area contributed by atoms with E-state index in [1.54, 1.807) is 27.7 Å². The molecular weight excluding hydrogens is 680 g/mol. The number of rotatable bonds is 22. The zero-order chi connectivity index (χ0) is 38.7. The van der Waals surface area contributed by atoms with Crippen molar-refractivity contribution in [3.8, 4) is 0 Å². The quantitative estimate of drug-likeness (QED) is 0.0517. The van der Waals surface area contributed by atoms with Crippen molar-refractivity contribution < 1.29 is 39.2 Å². The van der Waals surface area contributed by atoms with Crippen LogP contribution in [-0.4, -0.2) is 67.3 Å². The molecule has 51 heavy (non-hydrogen) atoms. The number of nitro benzene ring substituents is 4. The van der Waals surface area contributed by atoms with Crippen LogP contribution in [0.1, 0.15) is 53.4 Å². The maximum absolute atomic E-state index is 12.2. The average Bonchev–Trinajstić information content (AvgIpc) is 3.00. The van der Waals surface area contributed by atoms with Gasteiger partial charge >= 0.3 is 5.97 Å². The Bertz CT molecular complexity index is 1680. The molecule has 0 aliphatic heterocycles. The third kappa shape index (κ3) is 11.6. The Hall–Kier alpha value is -6.35. The van der Waals surface area contributed by atoms with Gasteiger partial charge in [-0.05, 0) is 49.7 Å². The highest BCUT2D eigenvalue weighted by Crippen LogP contribution is 2.38. The van der Waals surface area contributed by atoms with E-state index < -0.39 is 84.0 Å². The van der Waals surface area contributed by atoms with Gasteiger partial charge in [-0.15, -0.1) is 0 Å². The number of carboxylic acid groups (broad SMARTS) is 1. The summed E-state index contributed by atoms with van der Waals surface area (Å²) in [6, 6.07) is -0.364. The van der Waals surface area contributed by atoms with Gasteiger partial charge in [0.1, 0.15) is 40.9 Å². The van der Waals surface area contributed by atoms with Crippen molar-refractivity contribution in [3.05, 3.63) is 64.7 Å². The molecule has 278 valence electrons. The Labute approximate surface area is 289 Å². The lowest BCUT2D eigenvalue weighted by atomic mass is 10.0. The normalized spacial score (nSPS) is 12.7. The summed E-state index contributed by atoms with van der Waals surface area (Å²) in [6.07, 6.45) is 0.0672. The van der Waals surface area contributed by atoms with Crippen molar-refractivity contribution >= 4 is 63.3 Å². The minimum Gasteiger partial charge on any atom is -0.480 e. The van der Waals surface area contributed by atoms with Crippen LogP contribution < -0.4 is 32.7 Å². The first-order valence-corrected chi connectivity index (χ1v) is 15.5. The van der Waals surface area contributed by atoms with E-state index in [-0.39, 0.29) is 61.1 Å². The molecule has 2 rings (SSSR count). The molecular formula is C29H40N10O12. The van der Waals surface area contributed by atoms with Crippen LogP contribution in [0.3, 0.4) is 0 Å². The zero-order valence-corrected chi connectivity index (χ0v) is 28.1. The molecule has 2 amide bonds. The van der Waals surface area contributed by atoms with Gasteiger partial charge in [0.2, 0.25) is 11.8 Å². The Morgan fingerprint density at radius 3 is 1.27 bits per heavy atom.